The van der Waals surface area contributed by atoms with Gasteiger partial charge in [-0.15, -0.1) is 0 Å². The molecule has 1 N–H and O–H groups in total. The van der Waals surface area contributed by atoms with E-state index in [9.17, 15) is 13.2 Å². The van der Waals surface area contributed by atoms with Crippen molar-refractivity contribution in [2.24, 2.45) is 0 Å². The zero-order valence-corrected chi connectivity index (χ0v) is 15.2. The van der Waals surface area contributed by atoms with Crippen molar-refractivity contribution in [3.8, 4) is 11.5 Å². The average Bonchev–Trinajstić information content (AvgIpc) is 3.18. The van der Waals surface area contributed by atoms with Crippen LogP contribution in [0.1, 0.15) is 12.8 Å². The fraction of sp³-hybridized carbons (Fsp3) is 0.467. The summed E-state index contributed by atoms with van der Waals surface area (Å²) in [5.74, 6) is 0.958. The van der Waals surface area contributed by atoms with E-state index >= 15 is 0 Å². The van der Waals surface area contributed by atoms with Crippen LogP contribution in [0.3, 0.4) is 0 Å². The standard InChI is InChI=1S/C15H17N3O5S2/c1-25(20,21)18-4-2-3-10(18)14(19)17-15-16-9-7-11-12(8-13(9)24-15)23-6-5-22-11/h7-8,10H,2-6H2,1H3,(H,16,17,19). The number of thiazole rings is 1. The zero-order chi connectivity index (χ0) is 17.6. The van der Waals surface area contributed by atoms with Crippen LogP contribution in [0.5, 0.6) is 11.5 Å². The second kappa shape index (κ2) is 6.11. The first-order chi connectivity index (χ1) is 11.9. The number of rotatable bonds is 3. The number of amides is 1. The summed E-state index contributed by atoms with van der Waals surface area (Å²) in [5, 5.41) is 3.18. The number of nitrogens with one attached hydrogen (secondary N) is 1. The molecule has 8 nitrogen and oxygen atoms in total. The van der Waals surface area contributed by atoms with Crippen LogP contribution in [0.2, 0.25) is 0 Å². The molecule has 2 aliphatic rings. The summed E-state index contributed by atoms with van der Waals surface area (Å²) < 4.78 is 36.8. The third kappa shape index (κ3) is 3.16. The lowest BCUT2D eigenvalue weighted by molar-refractivity contribution is -0.119. The number of anilines is 1. The van der Waals surface area contributed by atoms with Gasteiger partial charge in [0.05, 0.1) is 16.5 Å². The molecule has 4 rings (SSSR count). The lowest BCUT2D eigenvalue weighted by atomic mass is 10.2. The maximum absolute atomic E-state index is 12.5. The Hall–Kier alpha value is -1.91. The van der Waals surface area contributed by atoms with Crippen LogP contribution in [0.25, 0.3) is 10.2 Å². The summed E-state index contributed by atoms with van der Waals surface area (Å²) in [5.41, 5.74) is 0.705. The predicted octanol–water partition coefficient (Wildman–Crippen LogP) is 1.43. The Morgan fingerprint density at radius 3 is 2.76 bits per heavy atom. The van der Waals surface area contributed by atoms with E-state index in [1.54, 1.807) is 6.07 Å². The Kier molecular flexibility index (Phi) is 4.05. The molecule has 0 radical (unpaired) electrons. The van der Waals surface area contributed by atoms with Crippen molar-refractivity contribution in [3.05, 3.63) is 12.1 Å². The summed E-state index contributed by atoms with van der Waals surface area (Å²) in [4.78, 5) is 16.9. The van der Waals surface area contributed by atoms with Gasteiger partial charge in [-0.05, 0) is 12.8 Å². The van der Waals surface area contributed by atoms with Crippen molar-refractivity contribution in [2.45, 2.75) is 18.9 Å². The monoisotopic (exact) mass is 383 g/mol. The van der Waals surface area contributed by atoms with Crippen molar-refractivity contribution in [1.82, 2.24) is 9.29 Å². The second-order valence-corrected chi connectivity index (χ2v) is 8.97. The highest BCUT2D eigenvalue weighted by Gasteiger charge is 2.36. The minimum Gasteiger partial charge on any atom is -0.486 e. The van der Waals surface area contributed by atoms with Crippen LogP contribution >= 0.6 is 11.3 Å². The molecule has 25 heavy (non-hydrogen) atoms. The maximum Gasteiger partial charge on any atom is 0.244 e. The predicted molar refractivity (Wildman–Crippen MR) is 93.8 cm³/mol. The number of benzene rings is 1. The molecule has 0 spiro atoms. The van der Waals surface area contributed by atoms with Gasteiger partial charge in [0.15, 0.2) is 16.6 Å². The van der Waals surface area contributed by atoms with Gasteiger partial charge >= 0.3 is 0 Å². The van der Waals surface area contributed by atoms with Gasteiger partial charge in [0.1, 0.15) is 19.3 Å². The summed E-state index contributed by atoms with van der Waals surface area (Å²) in [7, 11) is -3.40. The topological polar surface area (TPSA) is 97.8 Å². The quantitative estimate of drug-likeness (QED) is 0.861. The number of aromatic nitrogens is 1. The van der Waals surface area contributed by atoms with E-state index in [1.807, 2.05) is 6.07 Å². The van der Waals surface area contributed by atoms with Crippen LogP contribution in [-0.4, -0.2) is 55.7 Å². The molecular formula is C15H17N3O5S2. The normalized spacial score (nSPS) is 20.8. The van der Waals surface area contributed by atoms with Crippen molar-refractivity contribution < 1.29 is 22.7 Å². The first-order valence-corrected chi connectivity index (χ1v) is 10.6. The van der Waals surface area contributed by atoms with Gasteiger partial charge in [-0.3, -0.25) is 4.79 Å². The van der Waals surface area contributed by atoms with E-state index in [1.165, 1.54) is 15.6 Å². The molecule has 2 aromatic rings. The molecular weight excluding hydrogens is 366 g/mol. The van der Waals surface area contributed by atoms with Crippen LogP contribution in [0, 0.1) is 0 Å². The van der Waals surface area contributed by atoms with Crippen LogP contribution < -0.4 is 14.8 Å². The highest BCUT2D eigenvalue weighted by molar-refractivity contribution is 7.88. The molecule has 134 valence electrons. The molecule has 1 aromatic heterocycles. The number of nitrogens with zero attached hydrogens (tertiary/aromatic N) is 2. The van der Waals surface area contributed by atoms with E-state index in [2.05, 4.69) is 10.3 Å². The third-order valence-electron chi connectivity index (χ3n) is 4.21. The molecule has 0 aliphatic carbocycles. The SMILES string of the molecule is CS(=O)(=O)N1CCCC1C(=O)Nc1nc2cc3c(cc2s1)OCCO3. The summed E-state index contributed by atoms with van der Waals surface area (Å²) >= 11 is 1.32. The molecule has 0 saturated carbocycles. The number of ether oxygens (including phenoxy) is 2. The molecule has 3 heterocycles. The molecule has 1 atom stereocenters. The van der Waals surface area contributed by atoms with Gasteiger partial charge in [0, 0.05) is 18.7 Å². The largest absolute Gasteiger partial charge is 0.486 e. The molecule has 10 heteroatoms. The van der Waals surface area contributed by atoms with Gasteiger partial charge < -0.3 is 14.8 Å². The number of sulfonamides is 1. The van der Waals surface area contributed by atoms with Crippen molar-refractivity contribution >= 4 is 42.6 Å². The average molecular weight is 383 g/mol. The minimum absolute atomic E-state index is 0.348. The van der Waals surface area contributed by atoms with E-state index in [-0.39, 0.29) is 5.91 Å². The second-order valence-electron chi connectivity index (χ2n) is 6.00. The Morgan fingerprint density at radius 2 is 2.04 bits per heavy atom. The number of carbonyl (C=O) groups is 1. The van der Waals surface area contributed by atoms with E-state index in [0.29, 0.717) is 54.7 Å². The Morgan fingerprint density at radius 1 is 1.32 bits per heavy atom. The molecule has 1 amide bonds. The van der Waals surface area contributed by atoms with Gasteiger partial charge in [0.25, 0.3) is 0 Å². The van der Waals surface area contributed by atoms with Crippen molar-refractivity contribution in [1.29, 1.82) is 0 Å². The lowest BCUT2D eigenvalue weighted by Gasteiger charge is -2.20. The Labute approximate surface area is 148 Å². The van der Waals surface area contributed by atoms with Crippen molar-refractivity contribution in [3.63, 3.8) is 0 Å². The van der Waals surface area contributed by atoms with Gasteiger partial charge in [-0.1, -0.05) is 11.3 Å². The Balaban J connectivity index is 1.57. The first kappa shape index (κ1) is 16.6. The van der Waals surface area contributed by atoms with E-state index in [0.717, 1.165) is 11.0 Å². The highest BCUT2D eigenvalue weighted by atomic mass is 32.2. The molecule has 2 aliphatic heterocycles. The van der Waals surface area contributed by atoms with Gasteiger partial charge in [0.2, 0.25) is 15.9 Å². The fourth-order valence-corrected chi connectivity index (χ4v) is 5.11. The van der Waals surface area contributed by atoms with Gasteiger partial charge in [-0.2, -0.15) is 4.31 Å². The maximum atomic E-state index is 12.5. The number of hydrogen-bond donors (Lipinski definition) is 1. The third-order valence-corrected chi connectivity index (χ3v) is 6.44. The molecule has 1 unspecified atom stereocenters. The summed E-state index contributed by atoms with van der Waals surface area (Å²) in [6.45, 7) is 1.37. The van der Waals surface area contributed by atoms with Crippen LogP contribution in [0.4, 0.5) is 5.13 Å². The highest BCUT2D eigenvalue weighted by Crippen LogP contribution is 2.38. The number of carbonyl (C=O) groups excluding carboxylic acids is 1. The number of fused-ring (bicyclic) bond motifs is 2. The van der Waals surface area contributed by atoms with Gasteiger partial charge in [-0.25, -0.2) is 13.4 Å². The molecule has 0 bridgehead atoms. The van der Waals surface area contributed by atoms with E-state index in [4.69, 9.17) is 9.47 Å². The van der Waals surface area contributed by atoms with Crippen molar-refractivity contribution in [2.75, 3.05) is 31.3 Å². The summed E-state index contributed by atoms with van der Waals surface area (Å²) in [6.07, 6.45) is 2.31. The smallest absolute Gasteiger partial charge is 0.244 e. The fourth-order valence-electron chi connectivity index (χ4n) is 3.11. The molecule has 1 aromatic carbocycles. The van der Waals surface area contributed by atoms with Crippen LogP contribution in [-0.2, 0) is 14.8 Å². The number of hydrogen-bond acceptors (Lipinski definition) is 7. The molecule has 1 fully saturated rings. The first-order valence-electron chi connectivity index (χ1n) is 7.90. The zero-order valence-electron chi connectivity index (χ0n) is 13.5. The minimum atomic E-state index is -3.40. The molecule has 1 saturated heterocycles. The Bertz CT molecular complexity index is 897. The summed E-state index contributed by atoms with van der Waals surface area (Å²) in [6, 6.07) is 2.95. The lowest BCUT2D eigenvalue weighted by Crippen LogP contribution is -2.42. The van der Waals surface area contributed by atoms with E-state index < -0.39 is 16.1 Å². The van der Waals surface area contributed by atoms with Crippen LogP contribution in [0.15, 0.2) is 12.1 Å².